The highest BCUT2D eigenvalue weighted by molar-refractivity contribution is 5.26. The van der Waals surface area contributed by atoms with Crippen LogP contribution in [0.25, 0.3) is 0 Å². The zero-order valence-corrected chi connectivity index (χ0v) is 8.59. The van der Waals surface area contributed by atoms with Crippen molar-refractivity contribution in [1.82, 2.24) is 5.32 Å². The number of rotatable bonds is 5. The van der Waals surface area contributed by atoms with Crippen molar-refractivity contribution in [3.63, 3.8) is 0 Å². The van der Waals surface area contributed by atoms with E-state index in [0.717, 1.165) is 25.1 Å². The van der Waals surface area contributed by atoms with Gasteiger partial charge in [-0.1, -0.05) is 25.6 Å². The highest BCUT2D eigenvalue weighted by Gasteiger charge is 1.93. The summed E-state index contributed by atoms with van der Waals surface area (Å²) in [4.78, 5) is 0. The van der Waals surface area contributed by atoms with E-state index in [1.165, 1.54) is 5.56 Å². The normalized spacial score (nSPS) is 9.79. The van der Waals surface area contributed by atoms with Crippen molar-refractivity contribution in [3.8, 4) is 5.75 Å². The lowest BCUT2D eigenvalue weighted by Crippen LogP contribution is -2.15. The van der Waals surface area contributed by atoms with Crippen molar-refractivity contribution >= 4 is 0 Å². The average molecular weight is 191 g/mol. The number of aromatic hydroxyl groups is 1. The Hall–Kier alpha value is -1.44. The van der Waals surface area contributed by atoms with Crippen LogP contribution in [0.15, 0.2) is 36.5 Å². The van der Waals surface area contributed by atoms with E-state index < -0.39 is 0 Å². The van der Waals surface area contributed by atoms with E-state index in [0.29, 0.717) is 5.75 Å². The molecule has 0 saturated carbocycles. The van der Waals surface area contributed by atoms with Crippen molar-refractivity contribution in [3.05, 3.63) is 42.1 Å². The third-order valence-electron chi connectivity index (χ3n) is 2.15. The van der Waals surface area contributed by atoms with Crippen LogP contribution in [-0.4, -0.2) is 11.7 Å². The second kappa shape index (κ2) is 5.32. The molecule has 0 spiro atoms. The van der Waals surface area contributed by atoms with Crippen LogP contribution < -0.4 is 5.32 Å². The molecule has 0 unspecified atom stereocenters. The van der Waals surface area contributed by atoms with Crippen LogP contribution in [-0.2, 0) is 6.42 Å². The first-order chi connectivity index (χ1) is 6.72. The van der Waals surface area contributed by atoms with Gasteiger partial charge in [-0.15, -0.1) is 0 Å². The topological polar surface area (TPSA) is 32.3 Å². The molecule has 14 heavy (non-hydrogen) atoms. The highest BCUT2D eigenvalue weighted by atomic mass is 16.3. The number of allylic oxidation sites excluding steroid dienone is 1. The molecule has 2 heteroatoms. The predicted octanol–water partition coefficient (Wildman–Crippen LogP) is 2.45. The van der Waals surface area contributed by atoms with E-state index in [2.05, 4.69) is 18.8 Å². The van der Waals surface area contributed by atoms with Crippen molar-refractivity contribution in [2.24, 2.45) is 0 Å². The first kappa shape index (κ1) is 10.6. The standard InChI is InChI=1S/C12H17NO/c1-3-10(2)13-9-8-11-4-6-12(14)7-5-11/h4-7,13-14H,2-3,8-9H2,1H3. The maximum absolute atomic E-state index is 9.08. The molecular formula is C12H17NO. The predicted molar refractivity (Wildman–Crippen MR) is 59.2 cm³/mol. The number of nitrogens with one attached hydrogen (secondary N) is 1. The summed E-state index contributed by atoms with van der Waals surface area (Å²) in [6.07, 6.45) is 1.93. The van der Waals surface area contributed by atoms with Crippen LogP contribution in [0.1, 0.15) is 18.9 Å². The molecule has 0 radical (unpaired) electrons. The van der Waals surface area contributed by atoms with E-state index in [1.807, 2.05) is 12.1 Å². The Morgan fingerprint density at radius 3 is 2.57 bits per heavy atom. The quantitative estimate of drug-likeness (QED) is 0.749. The number of hydrogen-bond acceptors (Lipinski definition) is 2. The minimum atomic E-state index is 0.319. The molecule has 0 fully saturated rings. The zero-order chi connectivity index (χ0) is 10.4. The Balaban J connectivity index is 2.31. The average Bonchev–Trinajstić information content (AvgIpc) is 2.21. The van der Waals surface area contributed by atoms with E-state index >= 15 is 0 Å². The summed E-state index contributed by atoms with van der Waals surface area (Å²) >= 11 is 0. The van der Waals surface area contributed by atoms with Gasteiger partial charge in [-0.05, 0) is 30.5 Å². The van der Waals surface area contributed by atoms with Gasteiger partial charge in [-0.25, -0.2) is 0 Å². The number of phenolic OH excluding ortho intramolecular Hbond substituents is 1. The summed E-state index contributed by atoms with van der Waals surface area (Å²) in [6, 6.07) is 7.30. The molecule has 0 amide bonds. The fraction of sp³-hybridized carbons (Fsp3) is 0.333. The molecule has 2 N–H and O–H groups in total. The second-order valence-corrected chi connectivity index (χ2v) is 3.30. The van der Waals surface area contributed by atoms with Gasteiger partial charge in [0.2, 0.25) is 0 Å². The molecule has 0 bridgehead atoms. The molecule has 1 aromatic carbocycles. The largest absolute Gasteiger partial charge is 0.508 e. The van der Waals surface area contributed by atoms with Crippen molar-refractivity contribution < 1.29 is 5.11 Å². The van der Waals surface area contributed by atoms with Gasteiger partial charge in [0.05, 0.1) is 0 Å². The maximum atomic E-state index is 9.08. The smallest absolute Gasteiger partial charge is 0.115 e. The monoisotopic (exact) mass is 191 g/mol. The molecule has 0 aliphatic carbocycles. The molecule has 2 nitrogen and oxygen atoms in total. The zero-order valence-electron chi connectivity index (χ0n) is 8.59. The van der Waals surface area contributed by atoms with Gasteiger partial charge < -0.3 is 10.4 Å². The molecular weight excluding hydrogens is 174 g/mol. The number of hydrogen-bond donors (Lipinski definition) is 2. The number of benzene rings is 1. The van der Waals surface area contributed by atoms with Crippen LogP contribution in [0, 0.1) is 0 Å². The SMILES string of the molecule is C=C(CC)NCCc1ccc(O)cc1. The molecule has 0 atom stereocenters. The summed E-state index contributed by atoms with van der Waals surface area (Å²) in [7, 11) is 0. The van der Waals surface area contributed by atoms with Gasteiger partial charge in [0.25, 0.3) is 0 Å². The summed E-state index contributed by atoms with van der Waals surface area (Å²) in [5, 5.41) is 12.3. The third-order valence-corrected chi connectivity index (χ3v) is 2.15. The fourth-order valence-corrected chi connectivity index (χ4v) is 1.17. The summed E-state index contributed by atoms with van der Waals surface area (Å²) < 4.78 is 0. The molecule has 1 aromatic rings. The Bertz CT molecular complexity index is 290. The second-order valence-electron chi connectivity index (χ2n) is 3.30. The van der Waals surface area contributed by atoms with E-state index in [-0.39, 0.29) is 0 Å². The van der Waals surface area contributed by atoms with Gasteiger partial charge in [-0.2, -0.15) is 0 Å². The molecule has 0 heterocycles. The van der Waals surface area contributed by atoms with Crippen LogP contribution >= 0.6 is 0 Å². The van der Waals surface area contributed by atoms with Crippen molar-refractivity contribution in [1.29, 1.82) is 0 Å². The van der Waals surface area contributed by atoms with Gasteiger partial charge in [0, 0.05) is 12.2 Å². The first-order valence-electron chi connectivity index (χ1n) is 4.92. The molecule has 1 rings (SSSR count). The first-order valence-corrected chi connectivity index (χ1v) is 4.92. The lowest BCUT2D eigenvalue weighted by molar-refractivity contribution is 0.475. The van der Waals surface area contributed by atoms with E-state index in [4.69, 9.17) is 5.11 Å². The van der Waals surface area contributed by atoms with Gasteiger partial charge in [0.1, 0.15) is 5.75 Å². The van der Waals surface area contributed by atoms with Crippen molar-refractivity contribution in [2.45, 2.75) is 19.8 Å². The maximum Gasteiger partial charge on any atom is 0.115 e. The Kier molecular flexibility index (Phi) is 4.05. The molecule has 0 aliphatic heterocycles. The summed E-state index contributed by atoms with van der Waals surface area (Å²) in [5.41, 5.74) is 2.29. The molecule has 0 aliphatic rings. The molecule has 0 saturated heterocycles. The van der Waals surface area contributed by atoms with E-state index in [9.17, 15) is 0 Å². The van der Waals surface area contributed by atoms with Gasteiger partial charge >= 0.3 is 0 Å². The Labute approximate surface area is 85.3 Å². The van der Waals surface area contributed by atoms with Crippen LogP contribution in [0.4, 0.5) is 0 Å². The summed E-state index contributed by atoms with van der Waals surface area (Å²) in [6.45, 7) is 6.85. The minimum Gasteiger partial charge on any atom is -0.508 e. The van der Waals surface area contributed by atoms with Crippen LogP contribution in [0.3, 0.4) is 0 Å². The van der Waals surface area contributed by atoms with Gasteiger partial charge in [-0.3, -0.25) is 0 Å². The van der Waals surface area contributed by atoms with Crippen molar-refractivity contribution in [2.75, 3.05) is 6.54 Å². The lowest BCUT2D eigenvalue weighted by atomic mass is 10.1. The number of phenols is 1. The lowest BCUT2D eigenvalue weighted by Gasteiger charge is -2.07. The Morgan fingerprint density at radius 1 is 1.36 bits per heavy atom. The highest BCUT2D eigenvalue weighted by Crippen LogP contribution is 2.09. The Morgan fingerprint density at radius 2 is 2.00 bits per heavy atom. The fourth-order valence-electron chi connectivity index (χ4n) is 1.17. The molecule has 0 aromatic heterocycles. The molecule has 76 valence electrons. The summed E-state index contributed by atoms with van der Waals surface area (Å²) in [5.74, 6) is 0.319. The van der Waals surface area contributed by atoms with Crippen LogP contribution in [0.5, 0.6) is 5.75 Å². The minimum absolute atomic E-state index is 0.319. The van der Waals surface area contributed by atoms with Gasteiger partial charge in [0.15, 0.2) is 0 Å². The third kappa shape index (κ3) is 3.52. The van der Waals surface area contributed by atoms with E-state index in [1.54, 1.807) is 12.1 Å². The van der Waals surface area contributed by atoms with Crippen LogP contribution in [0.2, 0.25) is 0 Å².